The van der Waals surface area contributed by atoms with Crippen molar-refractivity contribution in [2.45, 2.75) is 17.7 Å². The summed E-state index contributed by atoms with van der Waals surface area (Å²) in [5, 5.41) is 15.2. The molecule has 1 aliphatic heterocycles. The Morgan fingerprint density at radius 2 is 1.93 bits per heavy atom. The minimum absolute atomic E-state index is 0.0135. The molecular formula is C20H16FN3O2Se. The summed E-state index contributed by atoms with van der Waals surface area (Å²) in [6.45, 7) is 0. The van der Waals surface area contributed by atoms with Crippen LogP contribution in [0.1, 0.15) is 17.9 Å². The van der Waals surface area contributed by atoms with E-state index in [2.05, 4.69) is 16.7 Å². The maximum atomic E-state index is 14.2. The first-order chi connectivity index (χ1) is 13.1. The van der Waals surface area contributed by atoms with E-state index < -0.39 is 26.7 Å². The topological polar surface area (TPSA) is 82.0 Å². The summed E-state index contributed by atoms with van der Waals surface area (Å²) in [6.07, 6.45) is 0.0135. The molecule has 5 nitrogen and oxygen atoms in total. The Bertz CT molecular complexity index is 938. The molecule has 7 heteroatoms. The van der Waals surface area contributed by atoms with E-state index in [1.165, 1.54) is 6.07 Å². The molecule has 2 amide bonds. The van der Waals surface area contributed by atoms with Gasteiger partial charge in [-0.1, -0.05) is 0 Å². The van der Waals surface area contributed by atoms with Gasteiger partial charge in [-0.25, -0.2) is 0 Å². The second-order valence-corrected chi connectivity index (χ2v) is 7.95. The van der Waals surface area contributed by atoms with Crippen molar-refractivity contribution in [1.29, 1.82) is 5.26 Å². The zero-order valence-electron chi connectivity index (χ0n) is 14.2. The number of benzene rings is 2. The van der Waals surface area contributed by atoms with E-state index in [-0.39, 0.29) is 23.6 Å². The molecule has 0 fully saturated rings. The van der Waals surface area contributed by atoms with Gasteiger partial charge >= 0.3 is 162 Å². The van der Waals surface area contributed by atoms with Gasteiger partial charge in [-0.15, -0.1) is 0 Å². The zero-order chi connectivity index (χ0) is 19.2. The van der Waals surface area contributed by atoms with Gasteiger partial charge in [-0.2, -0.15) is 0 Å². The first-order valence-corrected chi connectivity index (χ1v) is 10.3. The molecule has 0 aliphatic carbocycles. The van der Waals surface area contributed by atoms with Gasteiger partial charge in [0.1, 0.15) is 0 Å². The summed E-state index contributed by atoms with van der Waals surface area (Å²) in [7, 11) is 0. The number of anilines is 1. The van der Waals surface area contributed by atoms with Gasteiger partial charge in [0.25, 0.3) is 0 Å². The predicted octanol–water partition coefficient (Wildman–Crippen LogP) is 2.93. The van der Waals surface area contributed by atoms with Crippen molar-refractivity contribution in [1.82, 2.24) is 5.32 Å². The number of halogens is 1. The molecule has 0 aromatic heterocycles. The molecule has 0 saturated carbocycles. The van der Waals surface area contributed by atoms with Gasteiger partial charge in [0.15, 0.2) is 0 Å². The molecule has 3 rings (SSSR count). The van der Waals surface area contributed by atoms with Crippen LogP contribution in [0.15, 0.2) is 64.8 Å². The van der Waals surface area contributed by atoms with Crippen LogP contribution in [-0.2, 0) is 9.59 Å². The SMILES string of the molecule is N#CC1=C([Se]CC(=O)Nc2ccccc2)NC(=O)CC1c1ccccc1F. The number of allylic oxidation sites excluding steroid dienone is 1. The number of nitriles is 1. The summed E-state index contributed by atoms with van der Waals surface area (Å²) in [6, 6.07) is 17.3. The van der Waals surface area contributed by atoms with E-state index in [4.69, 9.17) is 0 Å². The molecule has 2 aromatic rings. The number of hydrogen-bond acceptors (Lipinski definition) is 3. The van der Waals surface area contributed by atoms with Crippen LogP contribution in [0.2, 0.25) is 5.32 Å². The van der Waals surface area contributed by atoms with E-state index in [0.717, 1.165) is 0 Å². The molecule has 1 heterocycles. The van der Waals surface area contributed by atoms with Crippen LogP contribution in [0.25, 0.3) is 0 Å². The van der Waals surface area contributed by atoms with Crippen LogP contribution in [0.5, 0.6) is 0 Å². The monoisotopic (exact) mass is 429 g/mol. The van der Waals surface area contributed by atoms with Crippen molar-refractivity contribution in [3.05, 3.63) is 76.1 Å². The van der Waals surface area contributed by atoms with Gasteiger partial charge in [0.05, 0.1) is 0 Å². The molecule has 1 atom stereocenters. The Labute approximate surface area is 162 Å². The third-order valence-electron chi connectivity index (χ3n) is 4.04. The molecule has 1 aliphatic rings. The molecule has 0 radical (unpaired) electrons. The molecule has 2 N–H and O–H groups in total. The van der Waals surface area contributed by atoms with E-state index in [0.29, 0.717) is 21.4 Å². The second-order valence-electron chi connectivity index (χ2n) is 5.88. The number of carbonyl (C=O) groups is 2. The van der Waals surface area contributed by atoms with Crippen LogP contribution in [0.4, 0.5) is 10.1 Å². The van der Waals surface area contributed by atoms with Crippen molar-refractivity contribution >= 4 is 32.5 Å². The summed E-state index contributed by atoms with van der Waals surface area (Å²) < 4.78 is 14.6. The van der Waals surface area contributed by atoms with E-state index >= 15 is 0 Å². The van der Waals surface area contributed by atoms with Gasteiger partial charge in [-0.3, -0.25) is 0 Å². The molecule has 0 saturated heterocycles. The van der Waals surface area contributed by atoms with Crippen molar-refractivity contribution in [2.24, 2.45) is 0 Å². The average Bonchev–Trinajstić information content (AvgIpc) is 2.67. The number of carbonyl (C=O) groups excluding carboxylic acids is 2. The number of amides is 2. The number of hydrogen-bond donors (Lipinski definition) is 2. The third-order valence-corrected chi connectivity index (χ3v) is 6.18. The second kappa shape index (κ2) is 8.63. The van der Waals surface area contributed by atoms with Gasteiger partial charge in [-0.05, 0) is 0 Å². The van der Waals surface area contributed by atoms with Crippen molar-refractivity contribution in [3.8, 4) is 6.07 Å². The van der Waals surface area contributed by atoms with E-state index in [9.17, 15) is 19.2 Å². The van der Waals surface area contributed by atoms with Crippen molar-refractivity contribution in [2.75, 3.05) is 5.32 Å². The van der Waals surface area contributed by atoms with Gasteiger partial charge < -0.3 is 0 Å². The molecule has 0 spiro atoms. The van der Waals surface area contributed by atoms with Gasteiger partial charge in [0, 0.05) is 0 Å². The van der Waals surface area contributed by atoms with Crippen LogP contribution in [0, 0.1) is 17.1 Å². The Balaban J connectivity index is 1.77. The maximum absolute atomic E-state index is 14.2. The fourth-order valence-electron chi connectivity index (χ4n) is 2.81. The quantitative estimate of drug-likeness (QED) is 0.719. The third kappa shape index (κ3) is 4.62. The predicted molar refractivity (Wildman–Crippen MR) is 100 cm³/mol. The zero-order valence-corrected chi connectivity index (χ0v) is 16.0. The summed E-state index contributed by atoms with van der Waals surface area (Å²) in [4.78, 5) is 24.3. The Morgan fingerprint density at radius 1 is 1.22 bits per heavy atom. The van der Waals surface area contributed by atoms with E-state index in [1.807, 2.05) is 18.2 Å². The number of rotatable bonds is 5. The summed E-state index contributed by atoms with van der Waals surface area (Å²) in [5.41, 5.74) is 1.34. The summed E-state index contributed by atoms with van der Waals surface area (Å²) in [5.74, 6) is -1.55. The molecule has 136 valence electrons. The minimum atomic E-state index is -0.626. The Hall–Kier alpha value is -2.94. The normalized spacial score (nSPS) is 16.4. The van der Waals surface area contributed by atoms with Crippen LogP contribution in [0.3, 0.4) is 0 Å². The standard InChI is InChI=1S/C20H16FN3O2Se/c21-17-9-5-4-8-14(17)15-10-18(25)24-20(16(15)11-22)27-12-19(26)23-13-6-2-1-3-7-13/h1-9,15H,10,12H2,(H,23,26)(H,24,25). The van der Waals surface area contributed by atoms with Crippen molar-refractivity contribution < 1.29 is 14.0 Å². The fraction of sp³-hybridized carbons (Fsp3) is 0.150. The van der Waals surface area contributed by atoms with Crippen LogP contribution in [-0.4, -0.2) is 26.8 Å². The Kier molecular flexibility index (Phi) is 6.02. The molecule has 2 aromatic carbocycles. The number of nitrogens with one attached hydrogen (secondary N) is 2. The Morgan fingerprint density at radius 3 is 2.63 bits per heavy atom. The number of para-hydroxylation sites is 1. The molecular weight excluding hydrogens is 412 g/mol. The fourth-order valence-corrected chi connectivity index (χ4v) is 4.65. The molecule has 27 heavy (non-hydrogen) atoms. The number of nitrogens with zero attached hydrogens (tertiary/aromatic N) is 1. The van der Waals surface area contributed by atoms with Crippen LogP contribution < -0.4 is 10.6 Å². The molecule has 1 unspecified atom stereocenters. The van der Waals surface area contributed by atoms with Gasteiger partial charge in [0.2, 0.25) is 0 Å². The molecule has 0 bridgehead atoms. The first-order valence-electron chi connectivity index (χ1n) is 8.24. The van der Waals surface area contributed by atoms with Crippen molar-refractivity contribution in [3.63, 3.8) is 0 Å². The first kappa shape index (κ1) is 18.8. The van der Waals surface area contributed by atoms with Crippen LogP contribution >= 0.6 is 0 Å². The average molecular weight is 428 g/mol. The summed E-state index contributed by atoms with van der Waals surface area (Å²) >= 11 is -0.455. The van der Waals surface area contributed by atoms with E-state index in [1.54, 1.807) is 30.3 Å².